The predicted octanol–water partition coefficient (Wildman–Crippen LogP) is 2.85. The summed E-state index contributed by atoms with van der Waals surface area (Å²) in [5.41, 5.74) is 1.45. The molecule has 0 saturated carbocycles. The quantitative estimate of drug-likeness (QED) is 0.543. The van der Waals surface area contributed by atoms with Crippen LogP contribution in [0.3, 0.4) is 0 Å². The van der Waals surface area contributed by atoms with Crippen molar-refractivity contribution >= 4 is 11.3 Å². The van der Waals surface area contributed by atoms with Crippen molar-refractivity contribution in [1.82, 2.24) is 5.32 Å². The van der Waals surface area contributed by atoms with Gasteiger partial charge in [-0.1, -0.05) is 12.2 Å². The van der Waals surface area contributed by atoms with E-state index in [1.165, 1.54) is 5.56 Å². The molecule has 0 aliphatic rings. The van der Waals surface area contributed by atoms with Gasteiger partial charge in [0.2, 0.25) is 0 Å². The number of nitrogens with one attached hydrogen (secondary N) is 1. The van der Waals surface area contributed by atoms with E-state index in [0.717, 1.165) is 25.9 Å². The van der Waals surface area contributed by atoms with Crippen LogP contribution in [0.5, 0.6) is 0 Å². The lowest BCUT2D eigenvalue weighted by atomic mass is 10.2. The van der Waals surface area contributed by atoms with E-state index in [0.29, 0.717) is 0 Å². The van der Waals surface area contributed by atoms with Crippen LogP contribution in [0.4, 0.5) is 0 Å². The molecule has 13 heavy (non-hydrogen) atoms. The van der Waals surface area contributed by atoms with Crippen LogP contribution in [0.1, 0.15) is 18.9 Å². The van der Waals surface area contributed by atoms with E-state index in [-0.39, 0.29) is 0 Å². The van der Waals surface area contributed by atoms with Crippen molar-refractivity contribution < 1.29 is 0 Å². The van der Waals surface area contributed by atoms with E-state index in [2.05, 4.69) is 41.2 Å². The summed E-state index contributed by atoms with van der Waals surface area (Å²) < 4.78 is 0. The molecule has 0 aliphatic heterocycles. The van der Waals surface area contributed by atoms with Gasteiger partial charge in [0, 0.05) is 0 Å². The molecule has 0 aromatic carbocycles. The monoisotopic (exact) mass is 195 g/mol. The van der Waals surface area contributed by atoms with Gasteiger partial charge in [0.05, 0.1) is 0 Å². The SMILES string of the molecule is C/C=C/CCNCCc1ccsc1. The highest BCUT2D eigenvalue weighted by molar-refractivity contribution is 7.07. The first-order valence-corrected chi connectivity index (χ1v) is 5.70. The number of hydrogen-bond acceptors (Lipinski definition) is 2. The van der Waals surface area contributed by atoms with Gasteiger partial charge in [-0.25, -0.2) is 0 Å². The minimum absolute atomic E-state index is 1.09. The predicted molar refractivity (Wildman–Crippen MR) is 60.3 cm³/mol. The summed E-state index contributed by atoms with van der Waals surface area (Å²) in [4.78, 5) is 0. The van der Waals surface area contributed by atoms with Gasteiger partial charge in [-0.05, 0) is 55.2 Å². The van der Waals surface area contributed by atoms with Gasteiger partial charge in [0.25, 0.3) is 0 Å². The minimum Gasteiger partial charge on any atom is -0.316 e. The maximum absolute atomic E-state index is 3.41. The molecule has 0 bridgehead atoms. The highest BCUT2D eigenvalue weighted by Crippen LogP contribution is 2.05. The van der Waals surface area contributed by atoms with Crippen LogP contribution in [0.25, 0.3) is 0 Å². The van der Waals surface area contributed by atoms with Crippen LogP contribution in [-0.4, -0.2) is 13.1 Å². The molecule has 2 heteroatoms. The lowest BCUT2D eigenvalue weighted by Crippen LogP contribution is -2.17. The van der Waals surface area contributed by atoms with Gasteiger partial charge in [0.1, 0.15) is 0 Å². The average molecular weight is 195 g/mol. The Balaban J connectivity index is 1.96. The molecule has 1 aromatic heterocycles. The number of thiophene rings is 1. The molecule has 1 heterocycles. The molecule has 72 valence electrons. The third-order valence-corrected chi connectivity index (χ3v) is 2.63. The first-order chi connectivity index (χ1) is 6.43. The smallest absolute Gasteiger partial charge is 0.000793 e. The van der Waals surface area contributed by atoms with Gasteiger partial charge >= 0.3 is 0 Å². The minimum atomic E-state index is 1.09. The van der Waals surface area contributed by atoms with Crippen molar-refractivity contribution in [2.75, 3.05) is 13.1 Å². The van der Waals surface area contributed by atoms with Gasteiger partial charge in [-0.3, -0.25) is 0 Å². The highest BCUT2D eigenvalue weighted by atomic mass is 32.1. The Morgan fingerprint density at radius 2 is 2.38 bits per heavy atom. The molecule has 0 fully saturated rings. The van der Waals surface area contributed by atoms with Crippen LogP contribution in [0.15, 0.2) is 29.0 Å². The molecule has 0 radical (unpaired) electrons. The fraction of sp³-hybridized carbons (Fsp3) is 0.455. The summed E-state index contributed by atoms with van der Waals surface area (Å²) in [7, 11) is 0. The van der Waals surface area contributed by atoms with Crippen molar-refractivity contribution in [3.8, 4) is 0 Å². The molecule has 1 N–H and O–H groups in total. The van der Waals surface area contributed by atoms with Crippen molar-refractivity contribution in [2.45, 2.75) is 19.8 Å². The van der Waals surface area contributed by atoms with E-state index < -0.39 is 0 Å². The largest absolute Gasteiger partial charge is 0.316 e. The fourth-order valence-electron chi connectivity index (χ4n) is 1.14. The molecular weight excluding hydrogens is 178 g/mol. The zero-order valence-electron chi connectivity index (χ0n) is 8.12. The molecule has 1 nitrogen and oxygen atoms in total. The lowest BCUT2D eigenvalue weighted by molar-refractivity contribution is 0.690. The second-order valence-electron chi connectivity index (χ2n) is 2.99. The molecular formula is C11H17NS. The van der Waals surface area contributed by atoms with Crippen molar-refractivity contribution in [2.24, 2.45) is 0 Å². The zero-order valence-corrected chi connectivity index (χ0v) is 8.94. The van der Waals surface area contributed by atoms with Crippen LogP contribution in [0.2, 0.25) is 0 Å². The summed E-state index contributed by atoms with van der Waals surface area (Å²) in [6.45, 7) is 4.24. The molecule has 0 aliphatic carbocycles. The van der Waals surface area contributed by atoms with Crippen molar-refractivity contribution in [1.29, 1.82) is 0 Å². The Morgan fingerprint density at radius 3 is 3.08 bits per heavy atom. The third kappa shape index (κ3) is 4.86. The first kappa shape index (κ1) is 10.5. The molecule has 1 rings (SSSR count). The van der Waals surface area contributed by atoms with E-state index in [1.807, 2.05) is 0 Å². The molecule has 0 atom stereocenters. The van der Waals surface area contributed by atoms with Crippen LogP contribution in [-0.2, 0) is 6.42 Å². The van der Waals surface area contributed by atoms with Crippen LogP contribution in [0, 0.1) is 0 Å². The van der Waals surface area contributed by atoms with Gasteiger partial charge in [-0.2, -0.15) is 11.3 Å². The highest BCUT2D eigenvalue weighted by Gasteiger charge is 1.91. The third-order valence-electron chi connectivity index (χ3n) is 1.89. The number of rotatable bonds is 6. The summed E-state index contributed by atoms with van der Waals surface area (Å²) in [5, 5.41) is 7.76. The van der Waals surface area contributed by atoms with Crippen LogP contribution >= 0.6 is 11.3 Å². The Hall–Kier alpha value is -0.600. The summed E-state index contributed by atoms with van der Waals surface area (Å²) in [6, 6.07) is 2.19. The number of hydrogen-bond donors (Lipinski definition) is 1. The Morgan fingerprint density at radius 1 is 1.46 bits per heavy atom. The van der Waals surface area contributed by atoms with Crippen molar-refractivity contribution in [3.05, 3.63) is 34.5 Å². The van der Waals surface area contributed by atoms with Crippen LogP contribution < -0.4 is 5.32 Å². The molecule has 1 aromatic rings. The van der Waals surface area contributed by atoms with Gasteiger partial charge in [-0.15, -0.1) is 0 Å². The normalized spacial score (nSPS) is 11.2. The molecule has 0 saturated heterocycles. The second kappa shape index (κ2) is 6.87. The van der Waals surface area contributed by atoms with Crippen molar-refractivity contribution in [3.63, 3.8) is 0 Å². The van der Waals surface area contributed by atoms with E-state index in [4.69, 9.17) is 0 Å². The Bertz CT molecular complexity index is 226. The molecule has 0 spiro atoms. The fourth-order valence-corrected chi connectivity index (χ4v) is 1.85. The van der Waals surface area contributed by atoms with E-state index in [9.17, 15) is 0 Å². The Kier molecular flexibility index (Phi) is 5.54. The van der Waals surface area contributed by atoms with E-state index >= 15 is 0 Å². The standard InChI is InChI=1S/C11H17NS/c1-2-3-4-7-12-8-5-11-6-9-13-10-11/h2-3,6,9-10,12H,4-5,7-8H2,1H3/b3-2+. The van der Waals surface area contributed by atoms with E-state index in [1.54, 1.807) is 11.3 Å². The lowest BCUT2D eigenvalue weighted by Gasteiger charge is -2.00. The number of allylic oxidation sites excluding steroid dienone is 1. The maximum atomic E-state index is 3.41. The summed E-state index contributed by atoms with van der Waals surface area (Å²) in [6.07, 6.45) is 6.58. The zero-order chi connectivity index (χ0) is 9.36. The summed E-state index contributed by atoms with van der Waals surface area (Å²) in [5.74, 6) is 0. The summed E-state index contributed by atoms with van der Waals surface area (Å²) >= 11 is 1.77. The van der Waals surface area contributed by atoms with Gasteiger partial charge in [0.15, 0.2) is 0 Å². The maximum Gasteiger partial charge on any atom is -0.000793 e. The second-order valence-corrected chi connectivity index (χ2v) is 3.77. The first-order valence-electron chi connectivity index (χ1n) is 4.76. The topological polar surface area (TPSA) is 12.0 Å². The molecule has 0 unspecified atom stereocenters. The Labute approximate surface area is 84.5 Å². The average Bonchev–Trinajstić information content (AvgIpc) is 2.63. The van der Waals surface area contributed by atoms with Gasteiger partial charge < -0.3 is 5.32 Å². The molecule has 0 amide bonds.